The van der Waals surface area contributed by atoms with Crippen LogP contribution in [0.2, 0.25) is 0 Å². The zero-order valence-electron chi connectivity index (χ0n) is 14.4. The first-order valence-corrected chi connectivity index (χ1v) is 9.92. The maximum absolute atomic E-state index is 13.1. The van der Waals surface area contributed by atoms with Gasteiger partial charge in [-0.05, 0) is 29.0 Å². The first kappa shape index (κ1) is 18.7. The molecule has 1 aromatic heterocycles. The number of hydrogen-bond donors (Lipinski definition) is 0. The Kier molecular flexibility index (Phi) is 6.12. The summed E-state index contributed by atoms with van der Waals surface area (Å²) in [5, 5.41) is 2.08. The van der Waals surface area contributed by atoms with E-state index in [-0.39, 0.29) is 30.3 Å². The summed E-state index contributed by atoms with van der Waals surface area (Å²) >= 11 is 7.41. The Bertz CT molecular complexity index is 790. The number of fused-ring (bicyclic) bond motifs is 1. The summed E-state index contributed by atoms with van der Waals surface area (Å²) in [5.41, 5.74) is 2.26. The number of benzene rings is 1. The molecule has 26 heavy (non-hydrogen) atoms. The molecule has 2 amide bonds. The molecule has 0 spiro atoms. The van der Waals surface area contributed by atoms with Crippen molar-refractivity contribution in [3.8, 4) is 0 Å². The Labute approximate surface area is 162 Å². The molecule has 0 unspecified atom stereocenters. The second-order valence-corrected chi connectivity index (χ2v) is 7.41. The third kappa shape index (κ3) is 3.84. The Balaban J connectivity index is 1.88. The highest BCUT2D eigenvalue weighted by Crippen LogP contribution is 2.37. The van der Waals surface area contributed by atoms with E-state index in [1.165, 1.54) is 15.3 Å². The van der Waals surface area contributed by atoms with E-state index in [0.717, 1.165) is 12.0 Å². The van der Waals surface area contributed by atoms with Crippen LogP contribution >= 0.6 is 22.9 Å². The minimum absolute atomic E-state index is 0.0143. The number of rotatable bonds is 6. The lowest BCUT2D eigenvalue weighted by molar-refractivity contribution is -0.140. The number of amides is 2. The van der Waals surface area contributed by atoms with Gasteiger partial charge in [0.15, 0.2) is 0 Å². The number of thiophene rings is 1. The van der Waals surface area contributed by atoms with Crippen molar-refractivity contribution in [2.75, 3.05) is 25.5 Å². The largest absolute Gasteiger partial charge is 0.330 e. The lowest BCUT2D eigenvalue weighted by Gasteiger charge is -2.37. The van der Waals surface area contributed by atoms with E-state index in [0.29, 0.717) is 13.1 Å². The highest BCUT2D eigenvalue weighted by molar-refractivity contribution is 7.10. The van der Waals surface area contributed by atoms with E-state index in [4.69, 9.17) is 11.6 Å². The fourth-order valence-electron chi connectivity index (χ4n) is 3.33. The molecule has 0 N–H and O–H groups in total. The minimum Gasteiger partial charge on any atom is -0.330 e. The number of carbonyl (C=O) groups is 2. The van der Waals surface area contributed by atoms with Crippen molar-refractivity contribution in [1.82, 2.24) is 9.80 Å². The molecule has 1 atom stereocenters. The summed E-state index contributed by atoms with van der Waals surface area (Å²) in [6.07, 6.45) is 2.45. The molecule has 6 heteroatoms. The first-order valence-electron chi connectivity index (χ1n) is 8.51. The van der Waals surface area contributed by atoms with E-state index >= 15 is 0 Å². The number of nitrogens with zero attached hydrogens (tertiary/aromatic N) is 2. The monoisotopic (exact) mass is 388 g/mol. The number of halogens is 1. The number of hydrogen-bond acceptors (Lipinski definition) is 3. The second-order valence-electron chi connectivity index (χ2n) is 6.15. The van der Waals surface area contributed by atoms with Crippen molar-refractivity contribution in [2.24, 2.45) is 0 Å². The van der Waals surface area contributed by atoms with Gasteiger partial charge in [0, 0.05) is 18.0 Å². The zero-order chi connectivity index (χ0) is 18.5. The van der Waals surface area contributed by atoms with Gasteiger partial charge in [-0.1, -0.05) is 36.4 Å². The number of alkyl halides is 1. The predicted molar refractivity (Wildman–Crippen MR) is 106 cm³/mol. The predicted octanol–water partition coefficient (Wildman–Crippen LogP) is 3.48. The average Bonchev–Trinajstić information content (AvgIpc) is 3.15. The van der Waals surface area contributed by atoms with Crippen LogP contribution < -0.4 is 0 Å². The van der Waals surface area contributed by atoms with Crippen LogP contribution in [-0.2, 0) is 16.0 Å². The highest BCUT2D eigenvalue weighted by atomic mass is 35.5. The van der Waals surface area contributed by atoms with Crippen LogP contribution in [0.3, 0.4) is 0 Å². The molecule has 3 rings (SSSR count). The van der Waals surface area contributed by atoms with Gasteiger partial charge in [0.1, 0.15) is 12.4 Å². The third-order valence-corrected chi connectivity index (χ3v) is 5.77. The van der Waals surface area contributed by atoms with Crippen LogP contribution in [0.1, 0.15) is 22.0 Å². The quantitative estimate of drug-likeness (QED) is 0.561. The molecule has 1 aliphatic heterocycles. The van der Waals surface area contributed by atoms with E-state index < -0.39 is 0 Å². The molecule has 0 saturated carbocycles. The Morgan fingerprint density at radius 2 is 2.08 bits per heavy atom. The summed E-state index contributed by atoms with van der Waals surface area (Å²) in [7, 11) is 0. The van der Waals surface area contributed by atoms with E-state index in [1.54, 1.807) is 17.4 Å². The number of carbonyl (C=O) groups excluding carboxylic acids is 2. The van der Waals surface area contributed by atoms with Gasteiger partial charge in [-0.15, -0.1) is 29.5 Å². The molecule has 2 aromatic rings. The highest BCUT2D eigenvalue weighted by Gasteiger charge is 2.33. The van der Waals surface area contributed by atoms with Gasteiger partial charge >= 0.3 is 0 Å². The maximum Gasteiger partial charge on any atom is 0.243 e. The molecule has 0 aliphatic carbocycles. The van der Waals surface area contributed by atoms with Gasteiger partial charge < -0.3 is 9.80 Å². The second kappa shape index (κ2) is 8.52. The molecule has 0 saturated heterocycles. The molecule has 1 aliphatic rings. The molecule has 0 fully saturated rings. The van der Waals surface area contributed by atoms with Crippen molar-refractivity contribution >= 4 is 34.8 Å². The summed E-state index contributed by atoms with van der Waals surface area (Å²) in [4.78, 5) is 29.7. The van der Waals surface area contributed by atoms with Crippen LogP contribution in [0.25, 0.3) is 0 Å². The first-order chi connectivity index (χ1) is 12.7. The summed E-state index contributed by atoms with van der Waals surface area (Å²) in [6.45, 7) is 4.63. The Morgan fingerprint density at radius 3 is 2.77 bits per heavy atom. The lowest BCUT2D eigenvalue weighted by atomic mass is 9.93. The van der Waals surface area contributed by atoms with Crippen LogP contribution in [0.5, 0.6) is 0 Å². The maximum atomic E-state index is 13.1. The molecule has 1 aromatic carbocycles. The standard InChI is InChI=1S/C20H21ClN2O2S/c1-2-10-22(18(24)13-21)14-19(25)23-11-8-17-16(9-12-26-17)20(23)15-6-4-3-5-7-15/h2-7,9,12,20H,1,8,10-11,13-14H2/t20-/m0/s1. The van der Waals surface area contributed by atoms with E-state index in [1.807, 2.05) is 35.2 Å². The molecular formula is C20H21ClN2O2S. The van der Waals surface area contributed by atoms with Crippen molar-refractivity contribution in [1.29, 1.82) is 0 Å². The van der Waals surface area contributed by atoms with Crippen molar-refractivity contribution in [3.05, 3.63) is 70.4 Å². The fraction of sp³-hybridized carbons (Fsp3) is 0.300. The van der Waals surface area contributed by atoms with Crippen molar-refractivity contribution in [2.45, 2.75) is 12.5 Å². The summed E-state index contributed by atoms with van der Waals surface area (Å²) < 4.78 is 0. The molecule has 2 heterocycles. The van der Waals surface area contributed by atoms with E-state index in [2.05, 4.69) is 18.0 Å². The van der Waals surface area contributed by atoms with Crippen LogP contribution in [0, 0.1) is 0 Å². The zero-order valence-corrected chi connectivity index (χ0v) is 16.0. The van der Waals surface area contributed by atoms with Gasteiger partial charge in [0.25, 0.3) is 0 Å². The molecule has 0 radical (unpaired) electrons. The van der Waals surface area contributed by atoms with Gasteiger partial charge in [0.2, 0.25) is 11.8 Å². The topological polar surface area (TPSA) is 40.6 Å². The van der Waals surface area contributed by atoms with Crippen LogP contribution in [-0.4, -0.2) is 47.1 Å². The van der Waals surface area contributed by atoms with Gasteiger partial charge in [-0.3, -0.25) is 9.59 Å². The normalized spacial score (nSPS) is 16.0. The Hall–Kier alpha value is -2.11. The van der Waals surface area contributed by atoms with Crippen LogP contribution in [0.15, 0.2) is 54.4 Å². The summed E-state index contributed by atoms with van der Waals surface area (Å²) in [5.74, 6) is -0.474. The van der Waals surface area contributed by atoms with Gasteiger partial charge in [0.05, 0.1) is 6.04 Å². The SMILES string of the molecule is C=CCN(CC(=O)N1CCc2sccc2[C@@H]1c1ccccc1)C(=O)CCl. The van der Waals surface area contributed by atoms with Gasteiger partial charge in [-0.25, -0.2) is 0 Å². The smallest absolute Gasteiger partial charge is 0.243 e. The van der Waals surface area contributed by atoms with Crippen molar-refractivity contribution in [3.63, 3.8) is 0 Å². The Morgan fingerprint density at radius 1 is 1.31 bits per heavy atom. The molecular weight excluding hydrogens is 368 g/mol. The molecule has 4 nitrogen and oxygen atoms in total. The van der Waals surface area contributed by atoms with Crippen LogP contribution in [0.4, 0.5) is 0 Å². The van der Waals surface area contributed by atoms with Crippen molar-refractivity contribution < 1.29 is 9.59 Å². The molecule has 136 valence electrons. The lowest BCUT2D eigenvalue weighted by Crippen LogP contribution is -2.47. The summed E-state index contributed by atoms with van der Waals surface area (Å²) in [6, 6.07) is 12.0. The van der Waals surface area contributed by atoms with Gasteiger partial charge in [-0.2, -0.15) is 0 Å². The average molecular weight is 389 g/mol. The third-order valence-electron chi connectivity index (χ3n) is 4.54. The molecule has 0 bridgehead atoms. The minimum atomic E-state index is -0.260. The van der Waals surface area contributed by atoms with E-state index in [9.17, 15) is 9.59 Å². The fourth-order valence-corrected chi connectivity index (χ4v) is 4.40.